The van der Waals surface area contributed by atoms with Crippen molar-refractivity contribution in [1.82, 2.24) is 19.3 Å². The third-order valence-corrected chi connectivity index (χ3v) is 11.3. The second-order valence-corrected chi connectivity index (χ2v) is 14.6. The molecule has 2 atom stereocenters. The molecular weight excluding hydrogens is 588 g/mol. The minimum absolute atomic E-state index is 0.0112. The van der Waals surface area contributed by atoms with Crippen LogP contribution in [0.25, 0.3) is 0 Å². The molecule has 1 unspecified atom stereocenters. The van der Waals surface area contributed by atoms with Crippen LogP contribution in [-0.2, 0) is 24.8 Å². The van der Waals surface area contributed by atoms with E-state index < -0.39 is 31.8 Å². The molecule has 232 valence electrons. The summed E-state index contributed by atoms with van der Waals surface area (Å²) in [5.74, 6) is 0.592. The highest BCUT2D eigenvalue weighted by atomic mass is 32.2. The van der Waals surface area contributed by atoms with Crippen LogP contribution in [0.15, 0.2) is 40.1 Å². The Morgan fingerprint density at radius 1 is 1.21 bits per heavy atom. The molecule has 3 aliphatic rings. The minimum atomic E-state index is -3.86. The highest BCUT2D eigenvalue weighted by Gasteiger charge is 2.45. The van der Waals surface area contributed by atoms with Crippen molar-refractivity contribution >= 4 is 31.6 Å². The molecule has 1 spiro atoms. The van der Waals surface area contributed by atoms with E-state index in [-0.39, 0.29) is 47.9 Å². The van der Waals surface area contributed by atoms with E-state index in [9.17, 15) is 21.9 Å². The third-order valence-electron chi connectivity index (χ3n) is 7.97. The van der Waals surface area contributed by atoms with Gasteiger partial charge in [-0.2, -0.15) is 9.29 Å². The summed E-state index contributed by atoms with van der Waals surface area (Å²) in [6.45, 7) is 2.33. The summed E-state index contributed by atoms with van der Waals surface area (Å²) in [5, 5.41) is 13.7. The van der Waals surface area contributed by atoms with Gasteiger partial charge < -0.3 is 35.3 Å². The molecule has 16 heteroatoms. The number of pyridine rings is 1. The molecule has 2 fully saturated rings. The van der Waals surface area contributed by atoms with Crippen molar-refractivity contribution in [2.24, 2.45) is 0 Å². The van der Waals surface area contributed by atoms with E-state index in [1.54, 1.807) is 18.2 Å². The van der Waals surface area contributed by atoms with Crippen molar-refractivity contribution in [2.45, 2.75) is 46.8 Å². The molecule has 0 saturated carbocycles. The van der Waals surface area contributed by atoms with Crippen molar-refractivity contribution in [2.75, 3.05) is 70.7 Å². The number of nitrogens with two attached hydrogens (primary N) is 1. The van der Waals surface area contributed by atoms with Crippen LogP contribution in [-0.4, -0.2) is 109 Å². The van der Waals surface area contributed by atoms with E-state index in [4.69, 9.17) is 19.9 Å². The fourth-order valence-corrected chi connectivity index (χ4v) is 7.74. The van der Waals surface area contributed by atoms with Gasteiger partial charge in [0.25, 0.3) is 0 Å². The number of nitrogens with zero attached hydrogens (tertiary/aromatic N) is 3. The lowest BCUT2D eigenvalue weighted by atomic mass is 9.88. The molecule has 3 aliphatic heterocycles. The van der Waals surface area contributed by atoms with E-state index >= 15 is 0 Å². The molecule has 0 amide bonds. The van der Waals surface area contributed by atoms with Crippen LogP contribution in [0, 0.1) is 0 Å². The Hall–Kier alpha value is -2.73. The third kappa shape index (κ3) is 6.44. The number of rotatable bonds is 10. The molecule has 1 aromatic heterocycles. The van der Waals surface area contributed by atoms with Crippen molar-refractivity contribution in [3.05, 3.63) is 30.3 Å². The van der Waals surface area contributed by atoms with Gasteiger partial charge in [-0.05, 0) is 44.5 Å². The molecule has 0 radical (unpaired) electrons. The Kier molecular flexibility index (Phi) is 8.85. The van der Waals surface area contributed by atoms with Gasteiger partial charge in [0.05, 0.1) is 23.6 Å². The van der Waals surface area contributed by atoms with Gasteiger partial charge in [0, 0.05) is 38.8 Å². The highest BCUT2D eigenvalue weighted by molar-refractivity contribution is 7.89. The average Bonchev–Trinajstić information content (AvgIpc) is 3.37. The van der Waals surface area contributed by atoms with Crippen LogP contribution in [0.3, 0.4) is 0 Å². The predicted molar refractivity (Wildman–Crippen MR) is 155 cm³/mol. The smallest absolute Gasteiger partial charge is 0.246 e. The second kappa shape index (κ2) is 12.1. The first-order valence-electron chi connectivity index (χ1n) is 13.8. The number of ether oxygens (including phenoxy) is 3. The van der Waals surface area contributed by atoms with Gasteiger partial charge in [-0.25, -0.2) is 21.6 Å². The van der Waals surface area contributed by atoms with E-state index in [0.717, 1.165) is 0 Å². The second-order valence-electron chi connectivity index (χ2n) is 10.8. The molecule has 5 rings (SSSR count). The van der Waals surface area contributed by atoms with Crippen molar-refractivity contribution in [3.63, 3.8) is 0 Å². The Morgan fingerprint density at radius 2 is 1.98 bits per heavy atom. The quantitative estimate of drug-likeness (QED) is 0.271. The van der Waals surface area contributed by atoms with Crippen LogP contribution < -0.4 is 30.1 Å². The molecule has 2 saturated heterocycles. The number of aliphatic hydroxyl groups is 1. The molecule has 42 heavy (non-hydrogen) atoms. The van der Waals surface area contributed by atoms with Crippen LogP contribution in [0.2, 0.25) is 0 Å². The van der Waals surface area contributed by atoms with Gasteiger partial charge in [-0.1, -0.05) is 6.07 Å². The van der Waals surface area contributed by atoms with E-state index in [2.05, 4.69) is 15.0 Å². The number of anilines is 2. The maximum Gasteiger partial charge on any atom is 0.246 e. The first-order chi connectivity index (χ1) is 19.9. The monoisotopic (exact) mass is 626 g/mol. The fourth-order valence-electron chi connectivity index (χ4n) is 5.47. The maximum atomic E-state index is 13.5. The average molecular weight is 627 g/mol. The van der Waals surface area contributed by atoms with E-state index in [0.29, 0.717) is 56.3 Å². The number of aromatic nitrogens is 1. The Balaban J connectivity index is 1.11. The number of fused-ring (bicyclic) bond motifs is 1. The summed E-state index contributed by atoms with van der Waals surface area (Å²) >= 11 is 0. The molecule has 2 aromatic rings. The van der Waals surface area contributed by atoms with Gasteiger partial charge >= 0.3 is 0 Å². The Bertz CT molecular complexity index is 1500. The lowest BCUT2D eigenvalue weighted by Crippen LogP contribution is -2.47. The van der Waals surface area contributed by atoms with Crippen molar-refractivity contribution in [1.29, 1.82) is 0 Å². The van der Waals surface area contributed by atoms with Crippen molar-refractivity contribution in [3.8, 4) is 11.6 Å². The van der Waals surface area contributed by atoms with Gasteiger partial charge in [0.2, 0.25) is 25.9 Å². The summed E-state index contributed by atoms with van der Waals surface area (Å²) < 4.78 is 72.0. The normalized spacial score (nSPS) is 21.6. The van der Waals surface area contributed by atoms with E-state index in [1.165, 1.54) is 23.5 Å². The number of aliphatic hydroxyl groups excluding tert-OH is 1. The summed E-state index contributed by atoms with van der Waals surface area (Å²) in [4.78, 5) is 6.16. The zero-order valence-electron chi connectivity index (χ0n) is 23.7. The zero-order chi connectivity index (χ0) is 30.1. The standard InChI is InChI=1S/C26H38N6O8S2/c1-28-41(34,35)21-5-3-4-20(12-21)39-17-19(33)15-29-18-14-26(40-16-18)6-8-32(9-7-26)42(36,37)23-13-22-25(30-24(23)27)38-11-10-31(22)2/h3-5,12-13,18-19,28-29,33H,6-11,14-17H2,1-2H3,(H2,27,30)/t18-,19?/m1/s1. The SMILES string of the molecule is CNS(=O)(=O)c1cccc(OCC(O)CN[C@H]2COC3(CCN(S(=O)(=O)c4cc5c(nc4N)OCCN5C)CC3)C2)c1. The van der Waals surface area contributed by atoms with Crippen LogP contribution in [0.5, 0.6) is 11.6 Å². The number of nitrogens with one attached hydrogen (secondary N) is 2. The summed E-state index contributed by atoms with van der Waals surface area (Å²) in [6.07, 6.45) is 0.911. The van der Waals surface area contributed by atoms with Crippen LogP contribution in [0.4, 0.5) is 11.5 Å². The fraction of sp³-hybridized carbons (Fsp3) is 0.577. The van der Waals surface area contributed by atoms with Gasteiger partial charge in [0.15, 0.2) is 0 Å². The molecule has 0 bridgehead atoms. The highest BCUT2D eigenvalue weighted by Crippen LogP contribution is 2.39. The van der Waals surface area contributed by atoms with Crippen molar-refractivity contribution < 1.29 is 36.2 Å². The number of hydrogen-bond donors (Lipinski definition) is 4. The first kappa shape index (κ1) is 30.7. The number of sulfonamides is 2. The Labute approximate surface area is 246 Å². The maximum absolute atomic E-state index is 13.5. The van der Waals surface area contributed by atoms with Gasteiger partial charge in [0.1, 0.15) is 41.5 Å². The summed E-state index contributed by atoms with van der Waals surface area (Å²) in [7, 11) is -4.27. The number of likely N-dealkylation sites (N-methyl/N-ethyl adjacent to an activating group) is 1. The van der Waals surface area contributed by atoms with Gasteiger partial charge in [-0.15, -0.1) is 0 Å². The number of nitrogen functional groups attached to an aromatic ring is 1. The predicted octanol–water partition coefficient (Wildman–Crippen LogP) is -0.258. The molecule has 14 nitrogen and oxygen atoms in total. The molecular formula is C26H38N6O8S2. The van der Waals surface area contributed by atoms with Gasteiger partial charge in [-0.3, -0.25) is 0 Å². The van der Waals surface area contributed by atoms with E-state index in [1.807, 2.05) is 11.9 Å². The summed E-state index contributed by atoms with van der Waals surface area (Å²) in [5.41, 5.74) is 6.20. The lowest BCUT2D eigenvalue weighted by Gasteiger charge is -2.38. The molecule has 1 aromatic carbocycles. The lowest BCUT2D eigenvalue weighted by molar-refractivity contribution is -0.0312. The molecule has 0 aliphatic carbocycles. The number of piperidine rings is 1. The minimum Gasteiger partial charge on any atom is -0.491 e. The molecule has 5 N–H and O–H groups in total. The number of hydrogen-bond acceptors (Lipinski definition) is 12. The van der Waals surface area contributed by atoms with Crippen LogP contribution in [0.1, 0.15) is 19.3 Å². The van der Waals surface area contributed by atoms with Crippen LogP contribution >= 0.6 is 0 Å². The summed E-state index contributed by atoms with van der Waals surface area (Å²) in [6, 6.07) is 7.58. The largest absolute Gasteiger partial charge is 0.491 e. The topological polar surface area (TPSA) is 186 Å². The zero-order valence-corrected chi connectivity index (χ0v) is 25.3. The first-order valence-corrected chi connectivity index (χ1v) is 16.7. The number of benzene rings is 1. The molecule has 4 heterocycles. The Morgan fingerprint density at radius 3 is 2.71 bits per heavy atom.